The number of halogens is 2. The number of nitrogens with one attached hydrogen (secondary N) is 2. The minimum atomic E-state index is -3.62. The van der Waals surface area contributed by atoms with Crippen LogP contribution in [0.3, 0.4) is 0 Å². The second-order valence-corrected chi connectivity index (χ2v) is 15.6. The molecule has 3 aromatic rings. The van der Waals surface area contributed by atoms with Gasteiger partial charge in [-0.25, -0.2) is 23.4 Å². The predicted octanol–water partition coefficient (Wildman–Crippen LogP) is 6.10. The first-order chi connectivity index (χ1) is 23.7. The topological polar surface area (TPSA) is 140 Å². The van der Waals surface area contributed by atoms with E-state index in [-0.39, 0.29) is 24.1 Å². The summed E-state index contributed by atoms with van der Waals surface area (Å²) in [6.45, 7) is 5.12. The Morgan fingerprint density at radius 1 is 0.980 bits per heavy atom. The number of hydrogen-bond donors (Lipinski definition) is 2. The van der Waals surface area contributed by atoms with Crippen LogP contribution in [0.5, 0.6) is 5.75 Å². The number of hydrogen-bond acceptors (Lipinski definition) is 8. The summed E-state index contributed by atoms with van der Waals surface area (Å²) in [6, 6.07) is 16.6. The van der Waals surface area contributed by atoms with Gasteiger partial charge >= 0.3 is 5.97 Å². The van der Waals surface area contributed by atoms with Gasteiger partial charge in [-0.15, -0.1) is 0 Å². The van der Waals surface area contributed by atoms with Crippen molar-refractivity contribution in [3.8, 4) is 5.75 Å². The molecule has 4 atom stereocenters. The van der Waals surface area contributed by atoms with E-state index in [0.29, 0.717) is 45.9 Å². The van der Waals surface area contributed by atoms with Gasteiger partial charge in [0.25, 0.3) is 11.8 Å². The summed E-state index contributed by atoms with van der Waals surface area (Å²) in [5, 5.41) is 0.632. The van der Waals surface area contributed by atoms with Gasteiger partial charge in [-0.2, -0.15) is 0 Å². The molecule has 0 unspecified atom stereocenters. The second kappa shape index (κ2) is 15.7. The molecule has 5 rings (SSSR count). The van der Waals surface area contributed by atoms with E-state index in [0.717, 1.165) is 19.1 Å². The number of carbonyl (C=O) groups is 3. The van der Waals surface area contributed by atoms with Crippen LogP contribution in [0.15, 0.2) is 66.7 Å². The molecule has 0 saturated heterocycles. The number of esters is 1. The molecule has 0 aromatic heterocycles. The van der Waals surface area contributed by atoms with E-state index >= 15 is 0 Å². The number of ether oxygens (including phenoxy) is 2. The molecule has 3 aromatic carbocycles. The predicted molar refractivity (Wildman–Crippen MR) is 189 cm³/mol. The van der Waals surface area contributed by atoms with Gasteiger partial charge in [0.15, 0.2) is 5.60 Å². The molecule has 0 bridgehead atoms. The molecular formula is C36H41Cl2N3O8S. The van der Waals surface area contributed by atoms with Gasteiger partial charge in [-0.3, -0.25) is 14.4 Å². The number of rotatable bonds is 12. The molecule has 14 heteroatoms. The first-order valence-corrected chi connectivity index (χ1v) is 19.1. The van der Waals surface area contributed by atoms with Crippen LogP contribution in [0.2, 0.25) is 10.0 Å². The first kappa shape index (κ1) is 37.6. The zero-order valence-corrected chi connectivity index (χ0v) is 30.6. The third kappa shape index (κ3) is 8.60. The monoisotopic (exact) mass is 745 g/mol. The van der Waals surface area contributed by atoms with E-state index in [1.54, 1.807) is 92.4 Å². The summed E-state index contributed by atoms with van der Waals surface area (Å²) < 4.78 is 38.6. The first-order valence-electron chi connectivity index (χ1n) is 16.4. The van der Waals surface area contributed by atoms with Gasteiger partial charge in [0.1, 0.15) is 5.75 Å². The van der Waals surface area contributed by atoms with Crippen LogP contribution in [0.4, 0.5) is 0 Å². The standard InChI is InChI=1S/C36H41Cl2N3O8S/c1-5-47-35(44)36(2,3)49-24-12-10-11-22(19-24)21-48-39-33(42)31-25-13-6-7-14-26(25)34(43)41(32(31)27-18-17-23(37)20-28(27)38)30-16-9-8-15-29(30)40-50(4,45)46/h6-7,10-14,17-20,29-32,40H,5,8-9,15-16,21H2,1-4H3,(H,39,42)/t29-,30-,31+,32-/m0/s1. The van der Waals surface area contributed by atoms with E-state index in [1.165, 1.54) is 0 Å². The molecule has 11 nitrogen and oxygen atoms in total. The lowest BCUT2D eigenvalue weighted by Gasteiger charge is -2.49. The minimum Gasteiger partial charge on any atom is -0.476 e. The largest absolute Gasteiger partial charge is 0.476 e. The second-order valence-electron chi connectivity index (χ2n) is 13.0. The van der Waals surface area contributed by atoms with Crippen molar-refractivity contribution in [1.29, 1.82) is 0 Å². The van der Waals surface area contributed by atoms with Gasteiger partial charge < -0.3 is 14.4 Å². The highest BCUT2D eigenvalue weighted by Gasteiger charge is 2.49. The van der Waals surface area contributed by atoms with Crippen molar-refractivity contribution in [1.82, 2.24) is 15.1 Å². The van der Waals surface area contributed by atoms with Crippen molar-refractivity contribution in [3.05, 3.63) is 99.0 Å². The van der Waals surface area contributed by atoms with Crippen LogP contribution < -0.4 is 14.9 Å². The number of sulfonamides is 1. The minimum absolute atomic E-state index is 0.0465. The zero-order chi connectivity index (χ0) is 36.2. The maximum atomic E-state index is 14.4. The average molecular weight is 747 g/mol. The van der Waals surface area contributed by atoms with E-state index in [9.17, 15) is 22.8 Å². The molecule has 2 N–H and O–H groups in total. The van der Waals surface area contributed by atoms with Gasteiger partial charge in [-0.05, 0) is 80.6 Å². The fraction of sp³-hybridized carbons (Fsp3) is 0.417. The molecule has 2 aliphatic rings. The molecule has 0 spiro atoms. The van der Waals surface area contributed by atoms with Crippen LogP contribution in [-0.4, -0.2) is 61.6 Å². The fourth-order valence-electron chi connectivity index (χ4n) is 6.72. The van der Waals surface area contributed by atoms with E-state index in [4.69, 9.17) is 37.5 Å². The number of benzene rings is 3. The Morgan fingerprint density at radius 3 is 2.44 bits per heavy atom. The van der Waals surface area contributed by atoms with E-state index in [1.807, 2.05) is 0 Å². The van der Waals surface area contributed by atoms with Gasteiger partial charge in [0.2, 0.25) is 10.0 Å². The Hall–Kier alpha value is -3.68. The number of fused-ring (bicyclic) bond motifs is 1. The highest BCUT2D eigenvalue weighted by Crippen LogP contribution is 2.48. The summed E-state index contributed by atoms with van der Waals surface area (Å²) >= 11 is 13.1. The quantitative estimate of drug-likeness (QED) is 0.167. The van der Waals surface area contributed by atoms with Crippen molar-refractivity contribution in [2.24, 2.45) is 0 Å². The smallest absolute Gasteiger partial charge is 0.349 e. The summed E-state index contributed by atoms with van der Waals surface area (Å²) in [6.07, 6.45) is 3.66. The number of hydroxylamine groups is 1. The molecule has 1 saturated carbocycles. The maximum Gasteiger partial charge on any atom is 0.349 e. The maximum absolute atomic E-state index is 14.4. The Morgan fingerprint density at radius 2 is 1.72 bits per heavy atom. The summed E-state index contributed by atoms with van der Waals surface area (Å²) in [7, 11) is -3.62. The Labute approximate surface area is 302 Å². The summed E-state index contributed by atoms with van der Waals surface area (Å²) in [5.74, 6) is -1.96. The van der Waals surface area contributed by atoms with Crippen LogP contribution >= 0.6 is 23.2 Å². The highest BCUT2D eigenvalue weighted by molar-refractivity contribution is 7.88. The highest BCUT2D eigenvalue weighted by atomic mass is 35.5. The lowest BCUT2D eigenvalue weighted by atomic mass is 9.76. The van der Waals surface area contributed by atoms with Crippen LogP contribution in [0, 0.1) is 0 Å². The summed E-state index contributed by atoms with van der Waals surface area (Å²) in [5.41, 5.74) is 3.30. The van der Waals surface area contributed by atoms with Crippen molar-refractivity contribution < 1.29 is 37.1 Å². The van der Waals surface area contributed by atoms with E-state index < -0.39 is 51.5 Å². The average Bonchev–Trinajstić information content (AvgIpc) is 3.05. The van der Waals surface area contributed by atoms with Crippen molar-refractivity contribution >= 4 is 51.0 Å². The van der Waals surface area contributed by atoms with Gasteiger partial charge in [0.05, 0.1) is 31.4 Å². The molecular weight excluding hydrogens is 705 g/mol. The molecule has 1 aliphatic carbocycles. The number of carbonyl (C=O) groups excluding carboxylic acids is 3. The third-order valence-electron chi connectivity index (χ3n) is 8.84. The number of nitrogens with zero attached hydrogens (tertiary/aromatic N) is 1. The van der Waals surface area contributed by atoms with Gasteiger partial charge in [0, 0.05) is 27.7 Å². The molecule has 1 heterocycles. The lowest BCUT2D eigenvalue weighted by Crippen LogP contribution is -2.59. The Kier molecular flexibility index (Phi) is 11.8. The molecule has 1 fully saturated rings. The summed E-state index contributed by atoms with van der Waals surface area (Å²) in [4.78, 5) is 48.5. The van der Waals surface area contributed by atoms with Gasteiger partial charge in [-0.1, -0.05) is 72.4 Å². The molecule has 268 valence electrons. The molecule has 2 amide bonds. The molecule has 50 heavy (non-hydrogen) atoms. The zero-order valence-electron chi connectivity index (χ0n) is 28.3. The Bertz CT molecular complexity index is 1850. The Balaban J connectivity index is 1.47. The molecule has 1 aliphatic heterocycles. The molecule has 0 radical (unpaired) electrons. The van der Waals surface area contributed by atoms with Crippen molar-refractivity contribution in [2.45, 2.75) is 82.7 Å². The normalized spacial score (nSPS) is 20.9. The SMILES string of the molecule is CCOC(=O)C(C)(C)Oc1cccc(CONC(=O)[C@@H]2c3ccccc3C(=O)N([C@H]3CCCC[C@@H]3NS(C)(=O)=O)[C@H]2c2ccc(Cl)cc2Cl)c1. The fourth-order valence-corrected chi connectivity index (χ4v) is 8.07. The third-order valence-corrected chi connectivity index (χ3v) is 10.1. The van der Waals surface area contributed by atoms with Crippen LogP contribution in [-0.2, 0) is 35.8 Å². The number of amides is 2. The van der Waals surface area contributed by atoms with Crippen LogP contribution in [0.25, 0.3) is 0 Å². The van der Waals surface area contributed by atoms with Crippen LogP contribution in [0.1, 0.15) is 85.5 Å². The lowest BCUT2D eigenvalue weighted by molar-refractivity contribution is -0.158. The van der Waals surface area contributed by atoms with Crippen molar-refractivity contribution in [3.63, 3.8) is 0 Å². The van der Waals surface area contributed by atoms with Crippen molar-refractivity contribution in [2.75, 3.05) is 12.9 Å². The van der Waals surface area contributed by atoms with E-state index in [2.05, 4.69) is 10.2 Å².